The van der Waals surface area contributed by atoms with Crippen LogP contribution in [0.2, 0.25) is 0 Å². The quantitative estimate of drug-likeness (QED) is 0.590. The normalized spacial score (nSPS) is 14.2. The maximum absolute atomic E-state index is 13.0. The topological polar surface area (TPSA) is 38.1 Å². The first-order valence-electron chi connectivity index (χ1n) is 8.92. The van der Waals surface area contributed by atoms with Gasteiger partial charge in [-0.15, -0.1) is 11.3 Å². The highest BCUT2D eigenvalue weighted by Crippen LogP contribution is 2.31. The zero-order chi connectivity index (χ0) is 19.7. The van der Waals surface area contributed by atoms with Gasteiger partial charge in [0.1, 0.15) is 5.82 Å². The first kappa shape index (κ1) is 18.7. The van der Waals surface area contributed by atoms with Crippen molar-refractivity contribution in [3.63, 3.8) is 0 Å². The Bertz CT molecular complexity index is 961. The van der Waals surface area contributed by atoms with Crippen molar-refractivity contribution in [2.24, 2.45) is 0 Å². The molecule has 1 saturated carbocycles. The Kier molecular flexibility index (Phi) is 4.97. The van der Waals surface area contributed by atoms with E-state index in [0.29, 0.717) is 22.8 Å². The first-order valence-corrected chi connectivity index (χ1v) is 9.80. The van der Waals surface area contributed by atoms with E-state index in [2.05, 4.69) is 4.98 Å². The number of imidazole rings is 1. The average Bonchev–Trinajstić information content (AvgIpc) is 3.16. The van der Waals surface area contributed by atoms with E-state index in [1.807, 2.05) is 16.3 Å². The number of alkyl halides is 3. The molecule has 0 radical (unpaired) electrons. The van der Waals surface area contributed by atoms with Gasteiger partial charge in [-0.05, 0) is 42.0 Å². The summed E-state index contributed by atoms with van der Waals surface area (Å²) in [5.41, 5.74) is -0.129. The van der Waals surface area contributed by atoms with Crippen molar-refractivity contribution in [1.82, 2.24) is 14.5 Å². The Hall–Kier alpha value is -2.61. The average molecular weight is 405 g/mol. The molecule has 0 atom stereocenters. The number of rotatable bonds is 6. The highest BCUT2D eigenvalue weighted by Gasteiger charge is 2.34. The molecule has 4 nitrogen and oxygen atoms in total. The number of benzene rings is 1. The van der Waals surface area contributed by atoms with E-state index in [0.717, 1.165) is 25.0 Å². The van der Waals surface area contributed by atoms with Crippen molar-refractivity contribution in [3.05, 3.63) is 76.0 Å². The number of thiophene rings is 1. The molecule has 0 bridgehead atoms. The zero-order valence-electron chi connectivity index (χ0n) is 14.9. The molecule has 0 N–H and O–H groups in total. The lowest BCUT2D eigenvalue weighted by Gasteiger charge is -2.22. The number of amides is 1. The first-order chi connectivity index (χ1) is 13.4. The number of carbonyl (C=O) groups excluding carboxylic acids is 1. The molecule has 1 aromatic carbocycles. The van der Waals surface area contributed by atoms with Gasteiger partial charge in [0.2, 0.25) is 0 Å². The summed E-state index contributed by atoms with van der Waals surface area (Å²) >= 11 is 1.40. The van der Waals surface area contributed by atoms with Gasteiger partial charge in [-0.2, -0.15) is 13.2 Å². The van der Waals surface area contributed by atoms with Crippen LogP contribution in [-0.4, -0.2) is 26.4 Å². The molecule has 0 aliphatic heterocycles. The van der Waals surface area contributed by atoms with Crippen molar-refractivity contribution in [3.8, 4) is 0 Å². The predicted octanol–water partition coefficient (Wildman–Crippen LogP) is 4.82. The van der Waals surface area contributed by atoms with Crippen molar-refractivity contribution in [2.45, 2.75) is 38.1 Å². The molecule has 1 fully saturated rings. The molecule has 1 aliphatic rings. The summed E-state index contributed by atoms with van der Waals surface area (Å²) in [5, 5.41) is 1.87. The van der Waals surface area contributed by atoms with Crippen LogP contribution in [0.1, 0.15) is 39.5 Å². The second-order valence-corrected chi connectivity index (χ2v) is 7.76. The van der Waals surface area contributed by atoms with Crippen LogP contribution in [0.25, 0.3) is 0 Å². The van der Waals surface area contributed by atoms with Gasteiger partial charge in [0, 0.05) is 25.0 Å². The zero-order valence-corrected chi connectivity index (χ0v) is 15.7. The monoisotopic (exact) mass is 405 g/mol. The molecule has 2 aromatic heterocycles. The lowest BCUT2D eigenvalue weighted by molar-refractivity contribution is -0.137. The fourth-order valence-electron chi connectivity index (χ4n) is 3.13. The molecule has 0 unspecified atom stereocenters. The fourth-order valence-corrected chi connectivity index (χ4v) is 3.80. The van der Waals surface area contributed by atoms with Gasteiger partial charge in [-0.3, -0.25) is 4.79 Å². The van der Waals surface area contributed by atoms with Crippen molar-refractivity contribution in [2.75, 3.05) is 0 Å². The Balaban J connectivity index is 1.53. The Morgan fingerprint density at radius 3 is 2.75 bits per heavy atom. The van der Waals surface area contributed by atoms with E-state index >= 15 is 0 Å². The van der Waals surface area contributed by atoms with Crippen LogP contribution in [-0.2, 0) is 19.3 Å². The predicted molar refractivity (Wildman–Crippen MR) is 100.0 cm³/mol. The Morgan fingerprint density at radius 2 is 2.07 bits per heavy atom. The van der Waals surface area contributed by atoms with Gasteiger partial charge in [0.15, 0.2) is 0 Å². The number of nitrogens with zero attached hydrogens (tertiary/aromatic N) is 3. The SMILES string of the molecule is O=C(c1cccs1)N(Cc1nccn1Cc1cccc(C(F)(F)F)c1)C1CC1. The minimum atomic E-state index is -4.37. The van der Waals surface area contributed by atoms with E-state index < -0.39 is 11.7 Å². The molecule has 2 heterocycles. The van der Waals surface area contributed by atoms with Crippen molar-refractivity contribution >= 4 is 17.2 Å². The minimum Gasteiger partial charge on any atom is -0.329 e. The summed E-state index contributed by atoms with van der Waals surface area (Å²) in [6.45, 7) is 0.609. The second kappa shape index (κ2) is 7.43. The fraction of sp³-hybridized carbons (Fsp3) is 0.300. The van der Waals surface area contributed by atoms with E-state index in [-0.39, 0.29) is 18.5 Å². The lowest BCUT2D eigenvalue weighted by atomic mass is 10.1. The smallest absolute Gasteiger partial charge is 0.329 e. The molecular formula is C20H18F3N3OS. The number of carbonyl (C=O) groups is 1. The third kappa shape index (κ3) is 4.11. The van der Waals surface area contributed by atoms with Gasteiger partial charge in [0.05, 0.1) is 17.0 Å². The minimum absolute atomic E-state index is 0.0221. The summed E-state index contributed by atoms with van der Waals surface area (Å²) < 4.78 is 40.7. The standard InChI is InChI=1S/C20H18F3N3OS/c21-20(22,23)15-4-1-3-14(11-15)12-25-9-8-24-18(25)13-26(16-6-7-16)19(27)17-5-2-10-28-17/h1-5,8-11,16H,6-7,12-13H2. The summed E-state index contributed by atoms with van der Waals surface area (Å²) in [6, 6.07) is 9.13. The summed E-state index contributed by atoms with van der Waals surface area (Å²) in [6.07, 6.45) is 0.903. The molecule has 0 spiro atoms. The molecule has 0 saturated heterocycles. The lowest BCUT2D eigenvalue weighted by Crippen LogP contribution is -2.33. The number of hydrogen-bond donors (Lipinski definition) is 0. The number of aromatic nitrogens is 2. The summed E-state index contributed by atoms with van der Waals surface area (Å²) in [4.78, 5) is 19.7. The highest BCUT2D eigenvalue weighted by molar-refractivity contribution is 7.12. The van der Waals surface area contributed by atoms with Crippen molar-refractivity contribution < 1.29 is 18.0 Å². The maximum atomic E-state index is 13.0. The second-order valence-electron chi connectivity index (χ2n) is 6.81. The van der Waals surface area contributed by atoms with Gasteiger partial charge >= 0.3 is 6.18 Å². The van der Waals surface area contributed by atoms with Gasteiger partial charge < -0.3 is 9.47 Å². The van der Waals surface area contributed by atoms with Crippen LogP contribution >= 0.6 is 11.3 Å². The molecule has 4 rings (SSSR count). The number of halogens is 3. The van der Waals surface area contributed by atoms with E-state index in [1.165, 1.54) is 17.4 Å². The van der Waals surface area contributed by atoms with Crippen LogP contribution in [0.5, 0.6) is 0 Å². The molecule has 28 heavy (non-hydrogen) atoms. The third-order valence-corrected chi connectivity index (χ3v) is 5.56. The molecule has 8 heteroatoms. The Morgan fingerprint density at radius 1 is 1.25 bits per heavy atom. The molecule has 146 valence electrons. The Labute approximate surface area is 164 Å². The maximum Gasteiger partial charge on any atom is 0.416 e. The van der Waals surface area contributed by atoms with E-state index in [4.69, 9.17) is 0 Å². The van der Waals surface area contributed by atoms with Gasteiger partial charge in [0.25, 0.3) is 5.91 Å². The van der Waals surface area contributed by atoms with Crippen molar-refractivity contribution in [1.29, 1.82) is 0 Å². The highest BCUT2D eigenvalue weighted by atomic mass is 32.1. The molecular weight excluding hydrogens is 387 g/mol. The largest absolute Gasteiger partial charge is 0.416 e. The van der Waals surface area contributed by atoms with Gasteiger partial charge in [-0.1, -0.05) is 18.2 Å². The van der Waals surface area contributed by atoms with Crippen LogP contribution in [0, 0.1) is 0 Å². The number of hydrogen-bond acceptors (Lipinski definition) is 3. The van der Waals surface area contributed by atoms with Crippen LogP contribution in [0.15, 0.2) is 54.2 Å². The summed E-state index contributed by atoms with van der Waals surface area (Å²) in [7, 11) is 0. The van der Waals surface area contributed by atoms with Gasteiger partial charge in [-0.25, -0.2) is 4.98 Å². The van der Waals surface area contributed by atoms with E-state index in [9.17, 15) is 18.0 Å². The summed E-state index contributed by atoms with van der Waals surface area (Å²) in [5.74, 6) is 0.639. The van der Waals surface area contributed by atoms with Crippen LogP contribution in [0.4, 0.5) is 13.2 Å². The molecule has 1 amide bonds. The third-order valence-electron chi connectivity index (χ3n) is 4.70. The van der Waals surface area contributed by atoms with Crippen LogP contribution in [0.3, 0.4) is 0 Å². The van der Waals surface area contributed by atoms with E-state index in [1.54, 1.807) is 29.1 Å². The van der Waals surface area contributed by atoms with Crippen LogP contribution < -0.4 is 0 Å². The molecule has 3 aromatic rings. The molecule has 1 aliphatic carbocycles.